The lowest BCUT2D eigenvalue weighted by Gasteiger charge is -2.16. The van der Waals surface area contributed by atoms with Crippen LogP contribution in [0.1, 0.15) is 16.7 Å². The van der Waals surface area contributed by atoms with Gasteiger partial charge in [0.1, 0.15) is 6.07 Å². The predicted octanol–water partition coefficient (Wildman–Crippen LogP) is -0.108. The zero-order valence-corrected chi connectivity index (χ0v) is 7.05. The van der Waals surface area contributed by atoms with Crippen LogP contribution in [0.5, 0.6) is 0 Å². The molecule has 4 nitrogen and oxygen atoms in total. The Labute approximate surface area is 75.2 Å². The fourth-order valence-electron chi connectivity index (χ4n) is 1.61. The molecular weight excluding hydrogens is 166 g/mol. The van der Waals surface area contributed by atoms with E-state index in [4.69, 9.17) is 5.26 Å². The van der Waals surface area contributed by atoms with E-state index in [1.807, 2.05) is 0 Å². The zero-order valence-electron chi connectivity index (χ0n) is 7.05. The van der Waals surface area contributed by atoms with Gasteiger partial charge in [-0.25, -0.2) is 0 Å². The normalized spacial score (nSPS) is 14.7. The van der Waals surface area contributed by atoms with E-state index in [0.717, 1.165) is 18.5 Å². The maximum absolute atomic E-state index is 11.3. The van der Waals surface area contributed by atoms with Gasteiger partial charge in [0.2, 0.25) is 0 Å². The summed E-state index contributed by atoms with van der Waals surface area (Å²) in [5.41, 5.74) is 2.13. The number of rotatable bonds is 0. The van der Waals surface area contributed by atoms with Crippen LogP contribution >= 0.6 is 0 Å². The summed E-state index contributed by atoms with van der Waals surface area (Å²) < 4.78 is 0. The van der Waals surface area contributed by atoms with Gasteiger partial charge in [0.15, 0.2) is 0 Å². The molecule has 1 aromatic rings. The molecule has 2 rings (SSSR count). The van der Waals surface area contributed by atoms with Crippen LogP contribution in [0.2, 0.25) is 0 Å². The standard InChI is InChI=1S/C9H9N3O/c10-3-6-4-12-9(13)8-5-11-2-1-7(6)8/h4,11H,1-2,5H2,(H,12,13). The van der Waals surface area contributed by atoms with Gasteiger partial charge >= 0.3 is 0 Å². The smallest absolute Gasteiger partial charge is 0.252 e. The Balaban J connectivity index is 2.68. The van der Waals surface area contributed by atoms with E-state index < -0.39 is 0 Å². The van der Waals surface area contributed by atoms with E-state index in [2.05, 4.69) is 16.4 Å². The summed E-state index contributed by atoms with van der Waals surface area (Å²) in [5.74, 6) is 0. The van der Waals surface area contributed by atoms with Gasteiger partial charge < -0.3 is 10.3 Å². The van der Waals surface area contributed by atoms with E-state index in [1.54, 1.807) is 0 Å². The van der Waals surface area contributed by atoms with Gasteiger partial charge in [-0.15, -0.1) is 0 Å². The summed E-state index contributed by atoms with van der Waals surface area (Å²) in [6.07, 6.45) is 2.26. The van der Waals surface area contributed by atoms with E-state index in [-0.39, 0.29) is 5.56 Å². The summed E-state index contributed by atoms with van der Waals surface area (Å²) >= 11 is 0. The highest BCUT2D eigenvalue weighted by atomic mass is 16.1. The Morgan fingerprint density at radius 2 is 2.31 bits per heavy atom. The number of nitriles is 1. The first kappa shape index (κ1) is 8.02. The minimum Gasteiger partial charge on any atom is -0.327 e. The molecular formula is C9H9N3O. The Morgan fingerprint density at radius 1 is 1.46 bits per heavy atom. The maximum Gasteiger partial charge on any atom is 0.252 e. The van der Waals surface area contributed by atoms with Gasteiger partial charge in [-0.1, -0.05) is 0 Å². The van der Waals surface area contributed by atoms with Crippen molar-refractivity contribution in [3.05, 3.63) is 33.2 Å². The SMILES string of the molecule is N#Cc1c[nH]c(=O)c2c1CCNC2. The molecule has 0 aromatic carbocycles. The molecule has 1 aliphatic rings. The lowest BCUT2D eigenvalue weighted by Crippen LogP contribution is -2.30. The molecule has 0 amide bonds. The molecule has 0 saturated heterocycles. The second kappa shape index (κ2) is 3.04. The van der Waals surface area contributed by atoms with Crippen molar-refractivity contribution in [3.8, 4) is 6.07 Å². The number of fused-ring (bicyclic) bond motifs is 1. The summed E-state index contributed by atoms with van der Waals surface area (Å²) in [4.78, 5) is 13.9. The van der Waals surface area contributed by atoms with E-state index in [9.17, 15) is 4.79 Å². The Morgan fingerprint density at radius 3 is 3.08 bits per heavy atom. The number of H-pyrrole nitrogens is 1. The van der Waals surface area contributed by atoms with Crippen LogP contribution in [0.25, 0.3) is 0 Å². The molecule has 0 aliphatic carbocycles. The zero-order chi connectivity index (χ0) is 9.26. The van der Waals surface area contributed by atoms with Gasteiger partial charge in [-0.05, 0) is 18.5 Å². The van der Waals surface area contributed by atoms with Crippen molar-refractivity contribution in [2.24, 2.45) is 0 Å². The molecule has 13 heavy (non-hydrogen) atoms. The summed E-state index contributed by atoms with van der Waals surface area (Å²) in [7, 11) is 0. The molecule has 0 fully saturated rings. The van der Waals surface area contributed by atoms with Crippen molar-refractivity contribution in [1.29, 1.82) is 5.26 Å². The molecule has 1 aromatic heterocycles. The molecule has 66 valence electrons. The molecule has 0 saturated carbocycles. The molecule has 0 spiro atoms. The third kappa shape index (κ3) is 1.23. The number of hydrogen-bond acceptors (Lipinski definition) is 3. The molecule has 1 aliphatic heterocycles. The minimum atomic E-state index is -0.0822. The van der Waals surface area contributed by atoms with Crippen molar-refractivity contribution in [1.82, 2.24) is 10.3 Å². The number of aromatic nitrogens is 1. The third-order valence-electron chi connectivity index (χ3n) is 2.29. The van der Waals surface area contributed by atoms with Crippen LogP contribution < -0.4 is 10.9 Å². The van der Waals surface area contributed by atoms with Gasteiger partial charge in [0.25, 0.3) is 5.56 Å². The summed E-state index contributed by atoms with van der Waals surface area (Å²) in [6.45, 7) is 1.41. The van der Waals surface area contributed by atoms with Crippen LogP contribution in [0, 0.1) is 11.3 Å². The highest BCUT2D eigenvalue weighted by molar-refractivity contribution is 5.41. The quantitative estimate of drug-likeness (QED) is 0.578. The molecule has 0 unspecified atom stereocenters. The molecule has 0 bridgehead atoms. The topological polar surface area (TPSA) is 68.7 Å². The summed E-state index contributed by atoms with van der Waals surface area (Å²) in [5, 5.41) is 11.9. The predicted molar refractivity (Wildman–Crippen MR) is 47.2 cm³/mol. The molecule has 2 N–H and O–H groups in total. The number of nitrogens with one attached hydrogen (secondary N) is 2. The van der Waals surface area contributed by atoms with Crippen LogP contribution in [-0.2, 0) is 13.0 Å². The van der Waals surface area contributed by atoms with Crippen molar-refractivity contribution < 1.29 is 0 Å². The number of pyridine rings is 1. The lowest BCUT2D eigenvalue weighted by atomic mass is 9.99. The van der Waals surface area contributed by atoms with E-state index >= 15 is 0 Å². The summed E-state index contributed by atoms with van der Waals surface area (Å²) in [6, 6.07) is 2.08. The van der Waals surface area contributed by atoms with Gasteiger partial charge in [-0.2, -0.15) is 5.26 Å². The Bertz CT molecular complexity index is 427. The first-order valence-electron chi connectivity index (χ1n) is 4.17. The largest absolute Gasteiger partial charge is 0.327 e. The van der Waals surface area contributed by atoms with Gasteiger partial charge in [0.05, 0.1) is 5.56 Å². The first-order valence-corrected chi connectivity index (χ1v) is 4.17. The fourth-order valence-corrected chi connectivity index (χ4v) is 1.61. The average molecular weight is 175 g/mol. The molecule has 2 heterocycles. The van der Waals surface area contributed by atoms with Gasteiger partial charge in [0, 0.05) is 18.3 Å². The van der Waals surface area contributed by atoms with Crippen LogP contribution in [0.3, 0.4) is 0 Å². The molecule has 4 heteroatoms. The molecule has 0 atom stereocenters. The van der Waals surface area contributed by atoms with Crippen LogP contribution in [0.15, 0.2) is 11.0 Å². The minimum absolute atomic E-state index is 0.0822. The first-order chi connectivity index (χ1) is 6.33. The Hall–Kier alpha value is -1.60. The fraction of sp³-hybridized carbons (Fsp3) is 0.333. The maximum atomic E-state index is 11.3. The van der Waals surface area contributed by atoms with Crippen LogP contribution in [-0.4, -0.2) is 11.5 Å². The monoisotopic (exact) mass is 175 g/mol. The van der Waals surface area contributed by atoms with E-state index in [1.165, 1.54) is 6.20 Å². The van der Waals surface area contributed by atoms with Crippen molar-refractivity contribution in [2.45, 2.75) is 13.0 Å². The highest BCUT2D eigenvalue weighted by Crippen LogP contribution is 2.12. The van der Waals surface area contributed by atoms with Crippen LogP contribution in [0.4, 0.5) is 0 Å². The lowest BCUT2D eigenvalue weighted by molar-refractivity contribution is 0.634. The second-order valence-corrected chi connectivity index (χ2v) is 3.03. The average Bonchev–Trinajstić information content (AvgIpc) is 2.19. The van der Waals surface area contributed by atoms with E-state index in [0.29, 0.717) is 17.7 Å². The second-order valence-electron chi connectivity index (χ2n) is 3.03. The highest BCUT2D eigenvalue weighted by Gasteiger charge is 2.15. The van der Waals surface area contributed by atoms with Crippen molar-refractivity contribution >= 4 is 0 Å². The van der Waals surface area contributed by atoms with Gasteiger partial charge in [-0.3, -0.25) is 4.79 Å². The number of aromatic amines is 1. The number of hydrogen-bond donors (Lipinski definition) is 2. The third-order valence-corrected chi connectivity index (χ3v) is 2.29. The number of nitrogens with zero attached hydrogens (tertiary/aromatic N) is 1. The van der Waals surface area contributed by atoms with Crippen molar-refractivity contribution in [2.75, 3.05) is 6.54 Å². The van der Waals surface area contributed by atoms with Crippen molar-refractivity contribution in [3.63, 3.8) is 0 Å². The Kier molecular flexibility index (Phi) is 1.87. The molecule has 0 radical (unpaired) electrons.